The second-order valence-corrected chi connectivity index (χ2v) is 6.23. The molecule has 1 aliphatic rings. The molecule has 3 heterocycles. The fourth-order valence-electron chi connectivity index (χ4n) is 2.72. The highest BCUT2D eigenvalue weighted by molar-refractivity contribution is 6.32. The molecule has 2 aromatic rings. The Morgan fingerprint density at radius 1 is 1.31 bits per heavy atom. The third kappa shape index (κ3) is 4.87. The van der Waals surface area contributed by atoms with Crippen molar-refractivity contribution >= 4 is 29.6 Å². The van der Waals surface area contributed by atoms with E-state index in [2.05, 4.69) is 20.3 Å². The largest absolute Gasteiger partial charge is 0.379 e. The summed E-state index contributed by atoms with van der Waals surface area (Å²) in [5.74, 6) is 0.0651. The quantitative estimate of drug-likeness (QED) is 0.532. The lowest BCUT2D eigenvalue weighted by Crippen LogP contribution is -2.13. The number of aryl methyl sites for hydroxylation is 2. The number of halogens is 1. The normalized spacial score (nSPS) is 16.6. The van der Waals surface area contributed by atoms with Crippen LogP contribution in [0.1, 0.15) is 23.5 Å². The number of carbonyl (C=O) groups excluding carboxylic acids is 1. The van der Waals surface area contributed by atoms with Crippen LogP contribution in [0.3, 0.4) is 0 Å². The molecular weight excluding hydrogens is 358 g/mol. The molecule has 1 amide bonds. The zero-order valence-corrected chi connectivity index (χ0v) is 14.9. The Labute approximate surface area is 156 Å². The van der Waals surface area contributed by atoms with Crippen LogP contribution in [0, 0.1) is 0 Å². The average molecular weight is 378 g/mol. The molecule has 1 aliphatic heterocycles. The molecule has 2 aromatic heterocycles. The Balaban J connectivity index is 1.64. The van der Waals surface area contributed by atoms with Crippen LogP contribution >= 0.6 is 11.6 Å². The molecule has 1 atom stereocenters. The number of hydrogen-bond acceptors (Lipinski definition) is 7. The van der Waals surface area contributed by atoms with E-state index in [1.165, 1.54) is 0 Å². The van der Waals surface area contributed by atoms with Gasteiger partial charge >= 0.3 is 0 Å². The maximum Gasteiger partial charge on any atom is 0.221 e. The summed E-state index contributed by atoms with van der Waals surface area (Å²) >= 11 is 6.03. The van der Waals surface area contributed by atoms with Crippen molar-refractivity contribution in [3.05, 3.63) is 40.4 Å². The van der Waals surface area contributed by atoms with Crippen molar-refractivity contribution in [2.45, 2.75) is 32.0 Å². The number of carbonyl (C=O) groups is 1. The van der Waals surface area contributed by atoms with E-state index in [1.54, 1.807) is 0 Å². The molecule has 138 valence electrons. The molecule has 1 saturated heterocycles. The van der Waals surface area contributed by atoms with E-state index in [-0.39, 0.29) is 17.2 Å². The van der Waals surface area contributed by atoms with E-state index >= 15 is 0 Å². The first-order valence-electron chi connectivity index (χ1n) is 8.32. The Bertz CT molecular complexity index is 768. The van der Waals surface area contributed by atoms with Gasteiger partial charge in [-0.1, -0.05) is 17.7 Å². The molecule has 0 unspecified atom stereocenters. The maximum atomic E-state index is 10.8. The highest BCUT2D eigenvalue weighted by atomic mass is 35.5. The fraction of sp³-hybridized carbons (Fsp3) is 0.412. The van der Waals surface area contributed by atoms with Crippen LogP contribution in [0.5, 0.6) is 0 Å². The van der Waals surface area contributed by atoms with Gasteiger partial charge in [0.05, 0.1) is 30.7 Å². The van der Waals surface area contributed by atoms with Crippen molar-refractivity contribution in [2.24, 2.45) is 0 Å². The number of hydrogen-bond donors (Lipinski definition) is 2. The number of nitrogens with zero attached hydrogens (tertiary/aromatic N) is 3. The van der Waals surface area contributed by atoms with Crippen LogP contribution in [0.15, 0.2) is 18.2 Å². The van der Waals surface area contributed by atoms with Gasteiger partial charge in [-0.3, -0.25) is 9.78 Å². The minimum absolute atomic E-state index is 0.0651. The molecule has 9 heteroatoms. The minimum Gasteiger partial charge on any atom is -0.379 e. The molecule has 0 aromatic carbocycles. The Morgan fingerprint density at radius 3 is 2.92 bits per heavy atom. The van der Waals surface area contributed by atoms with Gasteiger partial charge in [0.1, 0.15) is 5.69 Å². The van der Waals surface area contributed by atoms with Gasteiger partial charge in [-0.05, 0) is 31.4 Å². The van der Waals surface area contributed by atoms with E-state index in [1.807, 2.05) is 18.2 Å². The van der Waals surface area contributed by atoms with Crippen molar-refractivity contribution in [3.8, 4) is 0 Å². The molecule has 0 radical (unpaired) electrons. The van der Waals surface area contributed by atoms with Gasteiger partial charge in [-0.25, -0.2) is 4.98 Å². The van der Waals surface area contributed by atoms with Gasteiger partial charge in [0.2, 0.25) is 12.4 Å². The van der Waals surface area contributed by atoms with Crippen LogP contribution in [0.25, 0.3) is 0 Å². The van der Waals surface area contributed by atoms with Gasteiger partial charge in [0.25, 0.3) is 0 Å². The molecule has 8 nitrogen and oxygen atoms in total. The molecule has 3 rings (SSSR count). The number of aromatic nitrogens is 3. The zero-order valence-electron chi connectivity index (χ0n) is 14.2. The minimum atomic E-state index is 0.0651. The SMILES string of the molecule is Nc1nc(Cl)c(NC=O)c(CCc2cccc(CO[C@H]3CCOC3)n2)n1. The Hall–Kier alpha value is -2.29. The van der Waals surface area contributed by atoms with Gasteiger partial charge in [0, 0.05) is 12.3 Å². The molecule has 0 aliphatic carbocycles. The van der Waals surface area contributed by atoms with Crippen molar-refractivity contribution in [1.29, 1.82) is 0 Å². The van der Waals surface area contributed by atoms with Gasteiger partial charge in [-0.15, -0.1) is 0 Å². The molecule has 26 heavy (non-hydrogen) atoms. The number of nitrogens with one attached hydrogen (secondary N) is 1. The number of anilines is 2. The third-order valence-corrected chi connectivity index (χ3v) is 4.27. The van der Waals surface area contributed by atoms with Crippen molar-refractivity contribution < 1.29 is 14.3 Å². The molecule has 0 bridgehead atoms. The lowest BCUT2D eigenvalue weighted by Gasteiger charge is -2.11. The number of rotatable bonds is 8. The second kappa shape index (κ2) is 8.88. The standard InChI is InChI=1S/C17H20ClN5O3/c18-16-15(20-10-24)14(22-17(19)23-16)5-4-11-2-1-3-12(21-11)8-26-13-6-7-25-9-13/h1-3,10,13H,4-9H2,(H,20,24)(H2,19,22,23)/t13-/m0/s1. The summed E-state index contributed by atoms with van der Waals surface area (Å²) in [4.78, 5) is 23.4. The Kier molecular flexibility index (Phi) is 6.32. The molecule has 0 spiro atoms. The highest BCUT2D eigenvalue weighted by Gasteiger charge is 2.16. The monoisotopic (exact) mass is 377 g/mol. The third-order valence-electron chi connectivity index (χ3n) is 4.00. The van der Waals surface area contributed by atoms with Crippen LogP contribution in [0.2, 0.25) is 5.15 Å². The molecule has 1 fully saturated rings. The number of ether oxygens (including phenoxy) is 2. The molecule has 3 N–H and O–H groups in total. The topological polar surface area (TPSA) is 112 Å². The van der Waals surface area contributed by atoms with Crippen molar-refractivity contribution in [3.63, 3.8) is 0 Å². The van der Waals surface area contributed by atoms with Crippen LogP contribution < -0.4 is 11.1 Å². The predicted octanol–water partition coefficient (Wildman–Crippen LogP) is 1.77. The summed E-state index contributed by atoms with van der Waals surface area (Å²) < 4.78 is 11.1. The average Bonchev–Trinajstić information content (AvgIpc) is 3.15. The van der Waals surface area contributed by atoms with E-state index in [0.717, 1.165) is 24.4 Å². The molecular formula is C17H20ClN5O3. The van der Waals surface area contributed by atoms with Crippen LogP contribution in [-0.4, -0.2) is 40.7 Å². The van der Waals surface area contributed by atoms with E-state index in [4.69, 9.17) is 26.8 Å². The first-order chi connectivity index (χ1) is 12.7. The van der Waals surface area contributed by atoms with Crippen LogP contribution in [0.4, 0.5) is 11.6 Å². The molecule has 0 saturated carbocycles. The summed E-state index contributed by atoms with van der Waals surface area (Å²) in [6, 6.07) is 5.80. The zero-order chi connectivity index (χ0) is 18.4. The first kappa shape index (κ1) is 18.5. The predicted molar refractivity (Wildman–Crippen MR) is 96.8 cm³/mol. The fourth-order valence-corrected chi connectivity index (χ4v) is 2.97. The van der Waals surface area contributed by atoms with Crippen molar-refractivity contribution in [1.82, 2.24) is 15.0 Å². The van der Waals surface area contributed by atoms with E-state index in [0.29, 0.717) is 43.8 Å². The second-order valence-electron chi connectivity index (χ2n) is 5.87. The summed E-state index contributed by atoms with van der Waals surface area (Å²) in [7, 11) is 0. The first-order valence-corrected chi connectivity index (χ1v) is 8.69. The summed E-state index contributed by atoms with van der Waals surface area (Å²) in [6.07, 6.45) is 2.72. The number of nitrogens with two attached hydrogens (primary N) is 1. The smallest absolute Gasteiger partial charge is 0.221 e. The number of amides is 1. The summed E-state index contributed by atoms with van der Waals surface area (Å²) in [5.41, 5.74) is 8.34. The van der Waals surface area contributed by atoms with E-state index < -0.39 is 0 Å². The number of nitrogen functional groups attached to an aromatic ring is 1. The number of pyridine rings is 1. The van der Waals surface area contributed by atoms with Gasteiger partial charge < -0.3 is 20.5 Å². The Morgan fingerprint density at radius 2 is 2.15 bits per heavy atom. The maximum absolute atomic E-state index is 10.8. The summed E-state index contributed by atoms with van der Waals surface area (Å²) in [6.45, 7) is 1.84. The lowest BCUT2D eigenvalue weighted by atomic mass is 10.1. The van der Waals surface area contributed by atoms with Gasteiger partial charge in [0.15, 0.2) is 5.15 Å². The summed E-state index contributed by atoms with van der Waals surface area (Å²) in [5, 5.41) is 2.64. The van der Waals surface area contributed by atoms with E-state index in [9.17, 15) is 4.79 Å². The van der Waals surface area contributed by atoms with Crippen molar-refractivity contribution in [2.75, 3.05) is 24.3 Å². The van der Waals surface area contributed by atoms with Gasteiger partial charge in [-0.2, -0.15) is 4.98 Å². The van der Waals surface area contributed by atoms with Crippen LogP contribution in [-0.2, 0) is 33.7 Å². The lowest BCUT2D eigenvalue weighted by molar-refractivity contribution is -0.105. The highest BCUT2D eigenvalue weighted by Crippen LogP contribution is 2.24.